The van der Waals surface area contributed by atoms with Crippen molar-refractivity contribution in [2.24, 2.45) is 0 Å². The summed E-state index contributed by atoms with van der Waals surface area (Å²) in [6, 6.07) is 0. The van der Waals surface area contributed by atoms with Gasteiger partial charge in [-0.05, 0) is 19.0 Å². The number of aliphatic hydroxyl groups is 2. The van der Waals surface area contributed by atoms with Gasteiger partial charge in [-0.25, -0.2) is 0 Å². The fraction of sp³-hybridized carbons (Fsp3) is 0.935. The van der Waals surface area contributed by atoms with Gasteiger partial charge in [-0.1, -0.05) is 154 Å². The van der Waals surface area contributed by atoms with E-state index in [-0.39, 0.29) is 13.2 Å². The second-order valence-electron chi connectivity index (χ2n) is 10.4. The lowest BCUT2D eigenvalue weighted by molar-refractivity contribution is 0.198. The first-order chi connectivity index (χ1) is 16.8. The molecule has 0 bridgehead atoms. The van der Waals surface area contributed by atoms with Crippen molar-refractivity contribution in [1.29, 1.82) is 0 Å². The Bertz CT molecular complexity index is 380. The molecule has 0 aromatic carbocycles. The van der Waals surface area contributed by atoms with E-state index in [0.717, 1.165) is 6.42 Å². The molecule has 0 fully saturated rings. The highest BCUT2D eigenvalue weighted by molar-refractivity contribution is 4.82. The number of allylic oxidation sites excluding steroid dienone is 1. The number of hydrogen-bond donors (Lipinski definition) is 2. The van der Waals surface area contributed by atoms with Crippen LogP contribution in [0.5, 0.6) is 0 Å². The Morgan fingerprint density at radius 2 is 0.735 bits per heavy atom. The third-order valence-electron chi connectivity index (χ3n) is 7.06. The van der Waals surface area contributed by atoms with Crippen LogP contribution in [0.1, 0.15) is 161 Å². The summed E-state index contributed by atoms with van der Waals surface area (Å²) in [5.74, 6) is 0. The predicted molar refractivity (Wildman–Crippen MR) is 151 cm³/mol. The van der Waals surface area contributed by atoms with Crippen molar-refractivity contribution in [2.75, 3.05) is 26.3 Å². The van der Waals surface area contributed by atoms with Crippen LogP contribution in [-0.4, -0.2) is 41.4 Å². The summed E-state index contributed by atoms with van der Waals surface area (Å²) in [5, 5.41) is 18.0. The number of nitrogens with zero attached hydrogens (tertiary/aromatic N) is 1. The Kier molecular flexibility index (Phi) is 30.0. The van der Waals surface area contributed by atoms with E-state index in [9.17, 15) is 0 Å². The van der Waals surface area contributed by atoms with Crippen LogP contribution in [-0.2, 0) is 0 Å². The monoisotopic (exact) mass is 481 g/mol. The van der Waals surface area contributed by atoms with Gasteiger partial charge in [-0.15, -0.1) is 0 Å². The number of aliphatic hydroxyl groups excluding tert-OH is 2. The summed E-state index contributed by atoms with van der Waals surface area (Å²) < 4.78 is 0. The molecular formula is C31H63NO2. The fourth-order valence-electron chi connectivity index (χ4n) is 4.79. The van der Waals surface area contributed by atoms with Gasteiger partial charge in [0.2, 0.25) is 0 Å². The highest BCUT2D eigenvalue weighted by Crippen LogP contribution is 2.15. The van der Waals surface area contributed by atoms with Crippen molar-refractivity contribution in [2.45, 2.75) is 161 Å². The van der Waals surface area contributed by atoms with Crippen molar-refractivity contribution in [3.05, 3.63) is 12.3 Å². The molecule has 0 heterocycles. The van der Waals surface area contributed by atoms with Gasteiger partial charge in [-0.3, -0.25) is 0 Å². The quantitative estimate of drug-likeness (QED) is 0.105. The van der Waals surface area contributed by atoms with Gasteiger partial charge in [0.05, 0.1) is 13.2 Å². The van der Waals surface area contributed by atoms with Gasteiger partial charge in [0.1, 0.15) is 0 Å². The molecule has 0 unspecified atom stereocenters. The van der Waals surface area contributed by atoms with E-state index in [1.54, 1.807) is 0 Å². The predicted octanol–water partition coefficient (Wildman–Crippen LogP) is 9.17. The van der Waals surface area contributed by atoms with E-state index in [1.807, 2.05) is 11.1 Å². The van der Waals surface area contributed by atoms with E-state index >= 15 is 0 Å². The van der Waals surface area contributed by atoms with Gasteiger partial charge in [-0.2, -0.15) is 0 Å². The van der Waals surface area contributed by atoms with Crippen LogP contribution in [0, 0.1) is 0 Å². The Morgan fingerprint density at radius 1 is 0.441 bits per heavy atom. The lowest BCUT2D eigenvalue weighted by Gasteiger charge is -2.17. The number of rotatable bonds is 29. The molecule has 34 heavy (non-hydrogen) atoms. The zero-order chi connectivity index (χ0) is 24.8. The first-order valence-corrected chi connectivity index (χ1v) is 15.5. The van der Waals surface area contributed by atoms with Crippen LogP contribution in [0.15, 0.2) is 12.3 Å². The van der Waals surface area contributed by atoms with Gasteiger partial charge in [0.25, 0.3) is 0 Å². The van der Waals surface area contributed by atoms with Crippen molar-refractivity contribution >= 4 is 0 Å². The molecule has 2 N–H and O–H groups in total. The van der Waals surface area contributed by atoms with E-state index < -0.39 is 0 Å². The topological polar surface area (TPSA) is 43.7 Å². The minimum Gasteiger partial charge on any atom is -0.395 e. The Morgan fingerprint density at radius 3 is 1.03 bits per heavy atom. The number of unbranched alkanes of at least 4 members (excludes halogenated alkanes) is 23. The summed E-state index contributed by atoms with van der Waals surface area (Å²) in [5.41, 5.74) is 0. The summed E-state index contributed by atoms with van der Waals surface area (Å²) in [6.07, 6.45) is 38.2. The molecule has 204 valence electrons. The minimum absolute atomic E-state index is 0.143. The zero-order valence-corrected chi connectivity index (χ0v) is 23.3. The SMILES string of the molecule is CCCCCCCCCCCCCCCCCCCCCCCCCC=CN(CCO)CCO. The summed E-state index contributed by atoms with van der Waals surface area (Å²) in [4.78, 5) is 1.98. The smallest absolute Gasteiger partial charge is 0.0606 e. The molecular weight excluding hydrogens is 418 g/mol. The molecule has 3 heteroatoms. The maximum Gasteiger partial charge on any atom is 0.0606 e. The molecule has 0 aliphatic heterocycles. The standard InChI is InChI=1S/C31H63NO2/c1-2-3-4-5-6-7-8-9-10-11-12-13-14-15-16-17-18-19-20-21-22-23-24-25-26-27-32(28-30-33)29-31-34/h26-27,33-34H,2-25,28-31H2,1H3. The molecule has 0 spiro atoms. The molecule has 0 aromatic heterocycles. The van der Waals surface area contributed by atoms with Gasteiger partial charge in [0.15, 0.2) is 0 Å². The van der Waals surface area contributed by atoms with Crippen LogP contribution < -0.4 is 0 Å². The molecule has 3 nitrogen and oxygen atoms in total. The highest BCUT2D eigenvalue weighted by atomic mass is 16.3. The second kappa shape index (κ2) is 30.5. The number of hydrogen-bond acceptors (Lipinski definition) is 3. The zero-order valence-electron chi connectivity index (χ0n) is 23.3. The van der Waals surface area contributed by atoms with Crippen LogP contribution in [0.3, 0.4) is 0 Å². The largest absolute Gasteiger partial charge is 0.395 e. The van der Waals surface area contributed by atoms with Crippen molar-refractivity contribution < 1.29 is 10.2 Å². The maximum absolute atomic E-state index is 9.00. The first-order valence-electron chi connectivity index (χ1n) is 15.5. The molecule has 0 amide bonds. The molecule has 0 rings (SSSR count). The summed E-state index contributed by atoms with van der Waals surface area (Å²) in [7, 11) is 0. The average molecular weight is 482 g/mol. The third-order valence-corrected chi connectivity index (χ3v) is 7.06. The Hall–Kier alpha value is -0.540. The third kappa shape index (κ3) is 27.7. The van der Waals surface area contributed by atoms with E-state index in [0.29, 0.717) is 13.1 Å². The van der Waals surface area contributed by atoms with Crippen molar-refractivity contribution in [3.63, 3.8) is 0 Å². The summed E-state index contributed by atoms with van der Waals surface area (Å²) in [6.45, 7) is 3.80. The van der Waals surface area contributed by atoms with Crippen LogP contribution in [0.2, 0.25) is 0 Å². The highest BCUT2D eigenvalue weighted by Gasteiger charge is 1.97. The molecule has 0 atom stereocenters. The van der Waals surface area contributed by atoms with Crippen LogP contribution in [0.4, 0.5) is 0 Å². The van der Waals surface area contributed by atoms with Crippen molar-refractivity contribution in [3.8, 4) is 0 Å². The molecule has 0 aromatic rings. The lowest BCUT2D eigenvalue weighted by Crippen LogP contribution is -2.24. The molecule has 0 saturated heterocycles. The Labute approximate surface area is 214 Å². The van der Waals surface area contributed by atoms with Gasteiger partial charge >= 0.3 is 0 Å². The van der Waals surface area contributed by atoms with E-state index in [2.05, 4.69) is 13.0 Å². The Balaban J connectivity index is 3.15. The lowest BCUT2D eigenvalue weighted by atomic mass is 10.0. The van der Waals surface area contributed by atoms with E-state index in [4.69, 9.17) is 10.2 Å². The second-order valence-corrected chi connectivity index (χ2v) is 10.4. The van der Waals surface area contributed by atoms with E-state index in [1.165, 1.54) is 148 Å². The average Bonchev–Trinajstić information content (AvgIpc) is 2.84. The molecule has 0 aliphatic carbocycles. The molecule has 0 saturated carbocycles. The minimum atomic E-state index is 0.143. The van der Waals surface area contributed by atoms with Crippen LogP contribution >= 0.6 is 0 Å². The van der Waals surface area contributed by atoms with Crippen LogP contribution in [0.25, 0.3) is 0 Å². The first kappa shape index (κ1) is 33.5. The fourth-order valence-corrected chi connectivity index (χ4v) is 4.79. The van der Waals surface area contributed by atoms with Gasteiger partial charge in [0, 0.05) is 13.1 Å². The molecule has 0 aliphatic rings. The molecule has 0 radical (unpaired) electrons. The summed E-state index contributed by atoms with van der Waals surface area (Å²) >= 11 is 0. The maximum atomic E-state index is 9.00. The van der Waals surface area contributed by atoms with Gasteiger partial charge < -0.3 is 15.1 Å². The normalized spacial score (nSPS) is 11.6. The van der Waals surface area contributed by atoms with Crippen molar-refractivity contribution in [1.82, 2.24) is 4.90 Å².